The van der Waals surface area contributed by atoms with Crippen LogP contribution in [0, 0.1) is 13.8 Å². The van der Waals surface area contributed by atoms with Gasteiger partial charge in [0.1, 0.15) is 0 Å². The molecule has 0 atom stereocenters. The van der Waals surface area contributed by atoms with Crippen molar-refractivity contribution < 1.29 is 9.59 Å². The summed E-state index contributed by atoms with van der Waals surface area (Å²) in [6.45, 7) is 4.10. The molecule has 2 aromatic carbocycles. The van der Waals surface area contributed by atoms with Crippen LogP contribution >= 0.6 is 0 Å². The molecule has 4 heteroatoms. The maximum atomic E-state index is 13.2. The lowest BCUT2D eigenvalue weighted by molar-refractivity contribution is -0.123. The van der Waals surface area contributed by atoms with Crippen LogP contribution in [0.4, 0.5) is 0 Å². The van der Waals surface area contributed by atoms with Crippen molar-refractivity contribution in [2.45, 2.75) is 13.8 Å². The van der Waals surface area contributed by atoms with E-state index in [2.05, 4.69) is 26.0 Å². The number of aryl methyl sites for hydroxylation is 2. The van der Waals surface area contributed by atoms with Crippen molar-refractivity contribution in [2.24, 2.45) is 0 Å². The quantitative estimate of drug-likeness (QED) is 0.615. The fraction of sp³-hybridized carbons (Fsp3) is 0.0769. The summed E-state index contributed by atoms with van der Waals surface area (Å²) in [4.78, 5) is 29.7. The standard InChI is InChI=1S/C26H18N2O2/c1-15-3-5-19-17(11-15)7-9-27-23(19)13-21(25(27)29)22-14-24-20-6-4-16(2)12-18(20)8-10-28(24)26(22)30/h3-14H,1-2H3/b22-21+. The molecule has 2 amide bonds. The molecule has 0 spiro atoms. The molecule has 0 saturated heterocycles. The maximum Gasteiger partial charge on any atom is 0.263 e. The van der Waals surface area contributed by atoms with E-state index < -0.39 is 0 Å². The zero-order valence-corrected chi connectivity index (χ0v) is 16.6. The Morgan fingerprint density at radius 2 is 1.07 bits per heavy atom. The molecule has 4 aliphatic heterocycles. The van der Waals surface area contributed by atoms with Crippen molar-refractivity contribution in [3.63, 3.8) is 0 Å². The minimum atomic E-state index is -0.166. The van der Waals surface area contributed by atoms with Gasteiger partial charge >= 0.3 is 0 Å². The van der Waals surface area contributed by atoms with Crippen LogP contribution in [0.1, 0.15) is 33.4 Å². The van der Waals surface area contributed by atoms with Crippen molar-refractivity contribution in [1.29, 1.82) is 0 Å². The molecule has 0 aliphatic carbocycles. The molecule has 2 aromatic rings. The van der Waals surface area contributed by atoms with Crippen LogP contribution in [0.15, 0.2) is 72.1 Å². The first kappa shape index (κ1) is 17.0. The van der Waals surface area contributed by atoms with Gasteiger partial charge in [0.2, 0.25) is 0 Å². The lowest BCUT2D eigenvalue weighted by Crippen LogP contribution is -2.25. The Morgan fingerprint density at radius 3 is 1.50 bits per heavy atom. The van der Waals surface area contributed by atoms with Crippen molar-refractivity contribution in [3.05, 3.63) is 105 Å². The van der Waals surface area contributed by atoms with Crippen molar-refractivity contribution in [3.8, 4) is 0 Å². The highest BCUT2D eigenvalue weighted by Crippen LogP contribution is 2.41. The summed E-state index contributed by atoms with van der Waals surface area (Å²) < 4.78 is 0. The van der Waals surface area contributed by atoms with Gasteiger partial charge in [-0.3, -0.25) is 19.4 Å². The molecule has 0 bridgehead atoms. The van der Waals surface area contributed by atoms with E-state index in [0.717, 1.165) is 33.6 Å². The van der Waals surface area contributed by atoms with E-state index in [4.69, 9.17) is 0 Å². The van der Waals surface area contributed by atoms with Crippen molar-refractivity contribution in [1.82, 2.24) is 9.80 Å². The highest BCUT2D eigenvalue weighted by molar-refractivity contribution is 6.20. The monoisotopic (exact) mass is 390 g/mol. The van der Waals surface area contributed by atoms with E-state index in [-0.39, 0.29) is 11.8 Å². The smallest absolute Gasteiger partial charge is 0.263 e. The number of fused-ring (bicyclic) bond motifs is 6. The Bertz CT molecular complexity index is 1250. The molecule has 4 heterocycles. The maximum absolute atomic E-state index is 13.2. The summed E-state index contributed by atoms with van der Waals surface area (Å²) >= 11 is 0. The molecule has 0 radical (unpaired) electrons. The molecule has 0 saturated carbocycles. The molecular formula is C26H18N2O2. The zero-order valence-electron chi connectivity index (χ0n) is 16.6. The molecule has 0 fully saturated rings. The van der Waals surface area contributed by atoms with Gasteiger partial charge in [-0.2, -0.15) is 0 Å². The van der Waals surface area contributed by atoms with Crippen LogP contribution < -0.4 is 0 Å². The van der Waals surface area contributed by atoms with Crippen LogP contribution in [0.5, 0.6) is 0 Å². The largest absolute Gasteiger partial charge is 0.283 e. The molecule has 0 aromatic heterocycles. The minimum absolute atomic E-state index is 0.166. The number of amides is 2. The normalized spacial score (nSPS) is 20.7. The number of rotatable bonds is 0. The lowest BCUT2D eigenvalue weighted by Gasteiger charge is -2.22. The summed E-state index contributed by atoms with van der Waals surface area (Å²) in [6, 6.07) is 12.4. The summed E-state index contributed by atoms with van der Waals surface area (Å²) in [5, 5.41) is 0. The third kappa shape index (κ3) is 2.22. The van der Waals surface area contributed by atoms with Crippen LogP contribution in [0.25, 0.3) is 23.5 Å². The number of benzene rings is 2. The third-order valence-corrected chi connectivity index (χ3v) is 6.04. The third-order valence-electron chi connectivity index (χ3n) is 6.04. The molecule has 30 heavy (non-hydrogen) atoms. The Morgan fingerprint density at radius 1 is 0.633 bits per heavy atom. The van der Waals surface area contributed by atoms with Crippen LogP contribution in [-0.4, -0.2) is 21.6 Å². The topological polar surface area (TPSA) is 40.6 Å². The number of hydrogen-bond donors (Lipinski definition) is 0. The van der Waals surface area contributed by atoms with Gasteiger partial charge in [0.05, 0.1) is 22.5 Å². The predicted molar refractivity (Wildman–Crippen MR) is 117 cm³/mol. The zero-order chi connectivity index (χ0) is 20.6. The van der Waals surface area contributed by atoms with Crippen molar-refractivity contribution in [2.75, 3.05) is 0 Å². The fourth-order valence-corrected chi connectivity index (χ4v) is 4.53. The van der Waals surface area contributed by atoms with E-state index >= 15 is 0 Å². The highest BCUT2D eigenvalue weighted by atomic mass is 16.2. The summed E-state index contributed by atoms with van der Waals surface area (Å²) in [5.74, 6) is -0.332. The van der Waals surface area contributed by atoms with Gasteiger partial charge in [-0.05, 0) is 49.3 Å². The van der Waals surface area contributed by atoms with Gasteiger partial charge in [0.25, 0.3) is 11.8 Å². The van der Waals surface area contributed by atoms with E-state index in [1.807, 2.05) is 48.6 Å². The van der Waals surface area contributed by atoms with Crippen LogP contribution in [0.2, 0.25) is 0 Å². The van der Waals surface area contributed by atoms with Gasteiger partial charge in [0, 0.05) is 23.5 Å². The van der Waals surface area contributed by atoms with Crippen molar-refractivity contribution >= 4 is 35.4 Å². The molecule has 0 unspecified atom stereocenters. The van der Waals surface area contributed by atoms with Gasteiger partial charge in [-0.15, -0.1) is 0 Å². The lowest BCUT2D eigenvalue weighted by atomic mass is 9.98. The Balaban J connectivity index is 1.52. The number of carbonyl (C=O) groups excluding carboxylic acids is 2. The molecular weight excluding hydrogens is 372 g/mol. The Labute approximate surface area is 174 Å². The van der Waals surface area contributed by atoms with E-state index in [0.29, 0.717) is 11.1 Å². The minimum Gasteiger partial charge on any atom is -0.283 e. The van der Waals surface area contributed by atoms with Gasteiger partial charge in [0.15, 0.2) is 0 Å². The molecule has 144 valence electrons. The second kappa shape index (κ2) is 5.80. The number of carbonyl (C=O) groups is 2. The van der Waals surface area contributed by atoms with E-state index in [1.54, 1.807) is 22.2 Å². The second-order valence-electron chi connectivity index (χ2n) is 8.05. The molecule has 0 N–H and O–H groups in total. The molecule has 4 nitrogen and oxygen atoms in total. The SMILES string of the molecule is Cc1ccc2c(c1)C=CN1C(=O)/C(=C3\C=C4c5ccc(C)cc5C=CN4C3=O)C=C21. The van der Waals surface area contributed by atoms with Gasteiger partial charge < -0.3 is 0 Å². The van der Waals surface area contributed by atoms with Crippen LogP contribution in [-0.2, 0) is 9.59 Å². The predicted octanol–water partition coefficient (Wildman–Crippen LogP) is 4.64. The Hall–Kier alpha value is -3.92. The number of hydrogen-bond acceptors (Lipinski definition) is 2. The first-order chi connectivity index (χ1) is 14.5. The van der Waals surface area contributed by atoms with Gasteiger partial charge in [-0.1, -0.05) is 47.5 Å². The summed E-state index contributed by atoms with van der Waals surface area (Å²) in [5.41, 5.74) is 9.04. The average molecular weight is 390 g/mol. The summed E-state index contributed by atoms with van der Waals surface area (Å²) in [7, 11) is 0. The van der Waals surface area contributed by atoms with Crippen LogP contribution in [0.3, 0.4) is 0 Å². The average Bonchev–Trinajstić information content (AvgIpc) is 3.24. The molecule has 6 rings (SSSR count). The Kier molecular flexibility index (Phi) is 3.28. The first-order valence-electron chi connectivity index (χ1n) is 9.94. The van der Waals surface area contributed by atoms with E-state index in [1.165, 1.54) is 11.1 Å². The second-order valence-corrected chi connectivity index (χ2v) is 8.05. The van der Waals surface area contributed by atoms with E-state index in [9.17, 15) is 9.59 Å². The summed E-state index contributed by atoms with van der Waals surface area (Å²) in [6.07, 6.45) is 11.2. The first-order valence-corrected chi connectivity index (χ1v) is 9.94. The fourth-order valence-electron chi connectivity index (χ4n) is 4.53. The molecule has 4 aliphatic rings. The highest BCUT2D eigenvalue weighted by Gasteiger charge is 2.38. The number of nitrogens with zero attached hydrogens (tertiary/aromatic N) is 2. The van der Waals surface area contributed by atoms with Gasteiger partial charge in [-0.25, -0.2) is 0 Å².